The quantitative estimate of drug-likeness (QED) is 0.480. The molecule has 0 saturated carbocycles. The van der Waals surface area contributed by atoms with Crippen LogP contribution in [0.5, 0.6) is 0 Å². The predicted molar refractivity (Wildman–Crippen MR) is 82.0 cm³/mol. The number of hydrogen-bond acceptors (Lipinski definition) is 5. The van der Waals surface area contributed by atoms with Crippen molar-refractivity contribution in [3.63, 3.8) is 0 Å². The average molecular weight is 287 g/mol. The predicted octanol–water partition coefficient (Wildman–Crippen LogP) is 2.69. The molecule has 102 valence electrons. The first-order valence-corrected chi connectivity index (χ1v) is 7.53. The second-order valence-electron chi connectivity index (χ2n) is 4.45. The summed E-state index contributed by atoms with van der Waals surface area (Å²) >= 11 is 6.29. The molecule has 1 unspecified atom stereocenters. The molecule has 0 aliphatic heterocycles. The van der Waals surface area contributed by atoms with Crippen molar-refractivity contribution in [1.82, 2.24) is 0 Å². The number of aliphatic hydroxyl groups excluding tert-OH is 2. The van der Waals surface area contributed by atoms with Crippen LogP contribution < -0.4 is 5.32 Å². The van der Waals surface area contributed by atoms with E-state index in [0.29, 0.717) is 0 Å². The van der Waals surface area contributed by atoms with Crippen molar-refractivity contribution < 1.29 is 10.2 Å². The summed E-state index contributed by atoms with van der Waals surface area (Å²) in [4.78, 5) is 0. The molecule has 0 fully saturated rings. The van der Waals surface area contributed by atoms with E-state index in [1.165, 1.54) is 0 Å². The van der Waals surface area contributed by atoms with Gasteiger partial charge in [-0.2, -0.15) is 0 Å². The normalized spacial score (nSPS) is 14.6. The molecule has 5 heteroatoms. The van der Waals surface area contributed by atoms with Gasteiger partial charge in [0.25, 0.3) is 0 Å². The zero-order valence-electron chi connectivity index (χ0n) is 11.0. The number of benzene rings is 1. The molecule has 1 rings (SSSR count). The Bertz CT molecular complexity index is 376. The monoisotopic (exact) mass is 287 g/mol. The Hall–Kier alpha value is -0.360. The van der Waals surface area contributed by atoms with Gasteiger partial charge in [0.05, 0.1) is 13.2 Å². The van der Waals surface area contributed by atoms with Crippen LogP contribution in [0.2, 0.25) is 0 Å². The van der Waals surface area contributed by atoms with Gasteiger partial charge in [-0.25, -0.2) is 0 Å². The van der Waals surface area contributed by atoms with Gasteiger partial charge in [-0.15, -0.1) is 24.4 Å². The highest BCUT2D eigenvalue weighted by Crippen LogP contribution is 2.38. The topological polar surface area (TPSA) is 52.5 Å². The maximum atomic E-state index is 9.39. The Balaban J connectivity index is 3.16. The van der Waals surface area contributed by atoms with Crippen LogP contribution in [0.1, 0.15) is 25.0 Å². The van der Waals surface area contributed by atoms with Gasteiger partial charge in [-0.1, -0.05) is 32.0 Å². The van der Waals surface area contributed by atoms with Crippen molar-refractivity contribution in [2.75, 3.05) is 11.6 Å². The molecular weight excluding hydrogens is 266 g/mol. The first kappa shape index (κ1) is 15.7. The first-order chi connectivity index (χ1) is 8.48. The summed E-state index contributed by atoms with van der Waals surface area (Å²) < 4.78 is -0.435. The molecule has 0 aromatic heterocycles. The minimum absolute atomic E-state index is 0.0630. The van der Waals surface area contributed by atoms with E-state index < -0.39 is 4.20 Å². The molecule has 0 saturated heterocycles. The average Bonchev–Trinajstić information content (AvgIpc) is 2.38. The minimum Gasteiger partial charge on any atom is -0.392 e. The third kappa shape index (κ3) is 3.35. The third-order valence-corrected chi connectivity index (χ3v) is 5.35. The summed E-state index contributed by atoms with van der Waals surface area (Å²) in [5.41, 5.74) is 2.32. The van der Waals surface area contributed by atoms with E-state index in [1.807, 2.05) is 24.5 Å². The van der Waals surface area contributed by atoms with Gasteiger partial charge in [-0.05, 0) is 12.2 Å². The van der Waals surface area contributed by atoms with Crippen LogP contribution in [0.25, 0.3) is 0 Å². The van der Waals surface area contributed by atoms with Crippen LogP contribution >= 0.6 is 24.4 Å². The Morgan fingerprint density at radius 2 is 1.78 bits per heavy atom. The Kier molecular flexibility index (Phi) is 5.85. The van der Waals surface area contributed by atoms with Crippen molar-refractivity contribution in [2.45, 2.75) is 31.3 Å². The second-order valence-corrected chi connectivity index (χ2v) is 6.51. The smallest absolute Gasteiger partial charge is 0.130 e. The molecule has 0 heterocycles. The van der Waals surface area contributed by atoms with E-state index in [-0.39, 0.29) is 19.1 Å². The number of para-hydroxylation sites is 1. The summed E-state index contributed by atoms with van der Waals surface area (Å²) in [6.07, 6.45) is 1.99. The molecule has 0 radical (unpaired) electrons. The van der Waals surface area contributed by atoms with Crippen molar-refractivity contribution in [1.29, 1.82) is 0 Å². The van der Waals surface area contributed by atoms with Crippen LogP contribution in [-0.2, 0) is 13.2 Å². The molecule has 3 N–H and O–H groups in total. The fourth-order valence-corrected chi connectivity index (χ4v) is 2.47. The molecule has 0 aliphatic carbocycles. The largest absolute Gasteiger partial charge is 0.392 e. The highest BCUT2D eigenvalue weighted by Gasteiger charge is 2.29. The molecule has 3 nitrogen and oxygen atoms in total. The molecule has 18 heavy (non-hydrogen) atoms. The van der Waals surface area contributed by atoms with Crippen LogP contribution in [0.15, 0.2) is 18.2 Å². The standard InChI is InChI=1S/C13H21NO2S2/c1-9(2)13(17,18-3)14-12-10(7-15)5-4-6-11(12)8-16/h4-6,9,14-17H,7-8H2,1-3H3. The number of aliphatic hydroxyl groups is 2. The minimum atomic E-state index is -0.435. The van der Waals surface area contributed by atoms with E-state index in [0.717, 1.165) is 16.8 Å². The zero-order valence-corrected chi connectivity index (χ0v) is 12.7. The lowest BCUT2D eigenvalue weighted by molar-refractivity contribution is 0.276. The van der Waals surface area contributed by atoms with Crippen LogP contribution in [0.3, 0.4) is 0 Å². The Labute approximate surface area is 118 Å². The molecule has 0 amide bonds. The number of anilines is 1. The number of rotatable bonds is 6. The van der Waals surface area contributed by atoms with Gasteiger partial charge < -0.3 is 15.5 Å². The molecule has 1 aromatic rings. The zero-order chi connectivity index (χ0) is 13.8. The number of thiol groups is 1. The van der Waals surface area contributed by atoms with Gasteiger partial charge in [0.1, 0.15) is 4.20 Å². The van der Waals surface area contributed by atoms with Gasteiger partial charge in [0.15, 0.2) is 0 Å². The fraction of sp³-hybridized carbons (Fsp3) is 0.538. The van der Waals surface area contributed by atoms with E-state index in [1.54, 1.807) is 11.8 Å². The fourth-order valence-electron chi connectivity index (χ4n) is 1.69. The maximum absolute atomic E-state index is 9.39. The lowest BCUT2D eigenvalue weighted by atomic mass is 10.1. The molecule has 0 aliphatic rings. The summed E-state index contributed by atoms with van der Waals surface area (Å²) in [5, 5.41) is 22.1. The van der Waals surface area contributed by atoms with Gasteiger partial charge >= 0.3 is 0 Å². The third-order valence-electron chi connectivity index (χ3n) is 2.98. The Morgan fingerprint density at radius 1 is 1.28 bits per heavy atom. The van der Waals surface area contributed by atoms with E-state index in [4.69, 9.17) is 0 Å². The molecular formula is C13H21NO2S2. The van der Waals surface area contributed by atoms with Crippen molar-refractivity contribution in [3.05, 3.63) is 29.3 Å². The summed E-state index contributed by atoms with van der Waals surface area (Å²) in [5.74, 6) is 0.286. The highest BCUT2D eigenvalue weighted by molar-refractivity contribution is 8.11. The van der Waals surface area contributed by atoms with Crippen LogP contribution in [0, 0.1) is 5.92 Å². The number of thioether (sulfide) groups is 1. The summed E-state index contributed by atoms with van der Waals surface area (Å²) in [6, 6.07) is 5.52. The van der Waals surface area contributed by atoms with Gasteiger partial charge in [0.2, 0.25) is 0 Å². The maximum Gasteiger partial charge on any atom is 0.130 e. The van der Waals surface area contributed by atoms with Gasteiger partial charge in [0, 0.05) is 16.8 Å². The van der Waals surface area contributed by atoms with Crippen molar-refractivity contribution in [3.8, 4) is 0 Å². The van der Waals surface area contributed by atoms with Gasteiger partial charge in [-0.3, -0.25) is 0 Å². The summed E-state index contributed by atoms with van der Waals surface area (Å²) in [6.45, 7) is 4.03. The highest BCUT2D eigenvalue weighted by atomic mass is 32.2. The number of hydrogen-bond donors (Lipinski definition) is 4. The number of nitrogens with one attached hydrogen (secondary N) is 1. The van der Waals surface area contributed by atoms with E-state index >= 15 is 0 Å². The molecule has 1 atom stereocenters. The molecule has 0 bridgehead atoms. The van der Waals surface area contributed by atoms with Crippen LogP contribution in [-0.4, -0.2) is 20.7 Å². The van der Waals surface area contributed by atoms with E-state index in [9.17, 15) is 10.2 Å². The van der Waals surface area contributed by atoms with Crippen molar-refractivity contribution >= 4 is 30.1 Å². The lowest BCUT2D eigenvalue weighted by Crippen LogP contribution is -2.34. The Morgan fingerprint density at radius 3 is 2.11 bits per heavy atom. The first-order valence-electron chi connectivity index (χ1n) is 5.86. The summed E-state index contributed by atoms with van der Waals surface area (Å²) in [7, 11) is 0. The molecule has 1 aromatic carbocycles. The lowest BCUT2D eigenvalue weighted by Gasteiger charge is -2.34. The van der Waals surface area contributed by atoms with Crippen LogP contribution in [0.4, 0.5) is 5.69 Å². The molecule has 0 spiro atoms. The SMILES string of the molecule is CSC(S)(Nc1c(CO)cccc1CO)C(C)C. The van der Waals surface area contributed by atoms with Crippen molar-refractivity contribution in [2.24, 2.45) is 5.92 Å². The van der Waals surface area contributed by atoms with E-state index in [2.05, 4.69) is 31.8 Å². The second kappa shape index (κ2) is 6.70.